The van der Waals surface area contributed by atoms with Gasteiger partial charge in [-0.15, -0.1) is 0 Å². The van der Waals surface area contributed by atoms with Crippen LogP contribution in [0.5, 0.6) is 0 Å². The number of hydrazine groups is 1. The number of carboxylic acid groups (broad SMARTS) is 1. The molecule has 4 fully saturated rings. The smallest absolute Gasteiger partial charge is 0.303 e. The quantitative estimate of drug-likeness (QED) is 0.314. The average Bonchev–Trinajstić information content (AvgIpc) is 2.89. The number of benzene rings is 1. The Kier molecular flexibility index (Phi) is 7.57. The molecule has 0 bridgehead atoms. The summed E-state index contributed by atoms with van der Waals surface area (Å²) in [5, 5.41) is 19.8. The van der Waals surface area contributed by atoms with E-state index < -0.39 is 5.97 Å². The molecule has 4 aliphatic rings. The van der Waals surface area contributed by atoms with Gasteiger partial charge >= 0.3 is 5.97 Å². The maximum Gasteiger partial charge on any atom is 0.303 e. The lowest BCUT2D eigenvalue weighted by atomic mass is 9.91. The first kappa shape index (κ1) is 24.8. The van der Waals surface area contributed by atoms with Crippen molar-refractivity contribution >= 4 is 23.3 Å². The van der Waals surface area contributed by atoms with Gasteiger partial charge in [0.1, 0.15) is 6.29 Å². The van der Waals surface area contributed by atoms with Crippen molar-refractivity contribution in [2.24, 2.45) is 11.8 Å². The van der Waals surface area contributed by atoms with Gasteiger partial charge in [0.2, 0.25) is 11.9 Å². The van der Waals surface area contributed by atoms with Gasteiger partial charge in [0.25, 0.3) is 0 Å². The number of likely N-dealkylation sites (tertiary alicyclic amines) is 1. The molecule has 36 heavy (non-hydrogen) atoms. The Labute approximate surface area is 211 Å². The third-order valence-electron chi connectivity index (χ3n) is 8.02. The van der Waals surface area contributed by atoms with Crippen molar-refractivity contribution in [2.45, 2.75) is 56.6 Å². The fourth-order valence-corrected chi connectivity index (χ4v) is 5.92. The minimum atomic E-state index is -0.713. The Hall–Kier alpha value is -2.91. The lowest BCUT2D eigenvalue weighted by molar-refractivity contribution is -0.138. The van der Waals surface area contributed by atoms with Gasteiger partial charge in [-0.25, -0.2) is 12.0 Å². The van der Waals surface area contributed by atoms with E-state index in [-0.39, 0.29) is 48.7 Å². The molecule has 4 unspecified atom stereocenters. The van der Waals surface area contributed by atoms with Crippen LogP contribution in [0, 0.1) is 18.4 Å². The minimum Gasteiger partial charge on any atom is -0.481 e. The SMILES string of the molecule is [C-]#[N+]C1CCN(C2NC3CNNC(=O)C3C(Nc3ccc(N4CCC(CC(=O)O)CC4)cc3)N2)CC1. The number of carbonyl (C=O) groups is 2. The second-order valence-electron chi connectivity index (χ2n) is 10.3. The molecule has 4 heterocycles. The van der Waals surface area contributed by atoms with Crippen molar-refractivity contribution in [3.05, 3.63) is 35.7 Å². The summed E-state index contributed by atoms with van der Waals surface area (Å²) in [4.78, 5) is 32.1. The number of nitrogens with zero attached hydrogens (tertiary/aromatic N) is 3. The normalized spacial score (nSPS) is 30.2. The van der Waals surface area contributed by atoms with Crippen LogP contribution >= 0.6 is 0 Å². The highest BCUT2D eigenvalue weighted by molar-refractivity contribution is 5.81. The van der Waals surface area contributed by atoms with Gasteiger partial charge in [-0.3, -0.25) is 30.5 Å². The molecular formula is C25H36N8O3. The lowest BCUT2D eigenvalue weighted by Crippen LogP contribution is -2.77. The van der Waals surface area contributed by atoms with Crippen LogP contribution in [0.25, 0.3) is 4.85 Å². The van der Waals surface area contributed by atoms with Crippen molar-refractivity contribution in [3.63, 3.8) is 0 Å². The number of hydrogen-bond donors (Lipinski definition) is 6. The van der Waals surface area contributed by atoms with E-state index in [4.69, 9.17) is 11.7 Å². The highest BCUT2D eigenvalue weighted by Gasteiger charge is 2.45. The summed E-state index contributed by atoms with van der Waals surface area (Å²) in [5.41, 5.74) is 7.84. The molecule has 4 saturated heterocycles. The monoisotopic (exact) mass is 496 g/mol. The zero-order valence-electron chi connectivity index (χ0n) is 20.4. The van der Waals surface area contributed by atoms with E-state index in [2.05, 4.69) is 53.6 Å². The Bertz CT molecular complexity index is 967. The first-order valence-corrected chi connectivity index (χ1v) is 13.0. The number of carbonyl (C=O) groups excluding carboxylic acids is 1. The van der Waals surface area contributed by atoms with E-state index in [9.17, 15) is 9.59 Å². The Balaban J connectivity index is 1.23. The molecule has 0 spiro atoms. The van der Waals surface area contributed by atoms with Crippen LogP contribution in [-0.2, 0) is 9.59 Å². The van der Waals surface area contributed by atoms with E-state index in [0.717, 1.165) is 63.2 Å². The Morgan fingerprint density at radius 1 is 1.08 bits per heavy atom. The van der Waals surface area contributed by atoms with Gasteiger partial charge in [-0.1, -0.05) is 0 Å². The fraction of sp³-hybridized carbons (Fsp3) is 0.640. The molecule has 11 heteroatoms. The second-order valence-corrected chi connectivity index (χ2v) is 10.3. The molecule has 0 radical (unpaired) electrons. The summed E-state index contributed by atoms with van der Waals surface area (Å²) in [6.45, 7) is 11.4. The number of nitrogens with one attached hydrogen (secondary N) is 5. The number of carboxylic acids is 1. The standard InChI is InChI=1S/C25H36N8O3/c1-26-17-8-12-33(13-9-17)25-29-20-15-27-31-24(36)22(20)23(30-25)28-18-2-4-19(5-3-18)32-10-6-16(7-11-32)14-21(34)35/h2-5,16-17,20,22-23,25,27-30H,6-15H2,(H,31,36)(H,34,35). The van der Waals surface area contributed by atoms with Gasteiger partial charge in [-0.05, 0) is 43.0 Å². The Morgan fingerprint density at radius 3 is 2.47 bits per heavy atom. The van der Waals surface area contributed by atoms with Gasteiger partial charge in [0.15, 0.2) is 0 Å². The van der Waals surface area contributed by atoms with Crippen LogP contribution in [0.4, 0.5) is 11.4 Å². The van der Waals surface area contributed by atoms with Crippen molar-refractivity contribution in [1.82, 2.24) is 26.4 Å². The molecule has 4 aliphatic heterocycles. The van der Waals surface area contributed by atoms with Crippen molar-refractivity contribution in [3.8, 4) is 0 Å². The largest absolute Gasteiger partial charge is 0.481 e. The number of aliphatic carboxylic acids is 1. The second kappa shape index (κ2) is 11.0. The lowest BCUT2D eigenvalue weighted by Gasteiger charge is -2.49. The highest BCUT2D eigenvalue weighted by atomic mass is 16.4. The molecule has 0 aliphatic carbocycles. The van der Waals surface area contributed by atoms with E-state index in [1.165, 1.54) is 0 Å². The molecule has 1 aromatic rings. The van der Waals surface area contributed by atoms with E-state index in [1.807, 2.05) is 12.1 Å². The summed E-state index contributed by atoms with van der Waals surface area (Å²) in [6.07, 6.45) is 3.45. The van der Waals surface area contributed by atoms with Gasteiger partial charge in [0.05, 0.1) is 12.1 Å². The van der Waals surface area contributed by atoms with Gasteiger partial charge < -0.3 is 20.2 Å². The molecular weight excluding hydrogens is 460 g/mol. The van der Waals surface area contributed by atoms with E-state index in [1.54, 1.807) is 0 Å². The van der Waals surface area contributed by atoms with Crippen molar-refractivity contribution in [1.29, 1.82) is 0 Å². The molecule has 4 atom stereocenters. The third-order valence-corrected chi connectivity index (χ3v) is 8.02. The van der Waals surface area contributed by atoms with Crippen LogP contribution in [0.15, 0.2) is 24.3 Å². The fourth-order valence-electron chi connectivity index (χ4n) is 5.92. The first-order chi connectivity index (χ1) is 17.5. The summed E-state index contributed by atoms with van der Waals surface area (Å²) < 4.78 is 0. The topological polar surface area (TPSA) is 125 Å². The summed E-state index contributed by atoms with van der Waals surface area (Å²) in [7, 11) is 0. The number of anilines is 2. The van der Waals surface area contributed by atoms with Gasteiger partial charge in [-0.2, -0.15) is 0 Å². The van der Waals surface area contributed by atoms with Crippen molar-refractivity contribution < 1.29 is 14.7 Å². The summed E-state index contributed by atoms with van der Waals surface area (Å²) in [6, 6.07) is 8.36. The summed E-state index contributed by atoms with van der Waals surface area (Å²) >= 11 is 0. The predicted molar refractivity (Wildman–Crippen MR) is 136 cm³/mol. The summed E-state index contributed by atoms with van der Waals surface area (Å²) in [5.74, 6) is -0.781. The molecule has 0 saturated carbocycles. The van der Waals surface area contributed by atoms with Crippen molar-refractivity contribution in [2.75, 3.05) is 42.9 Å². The molecule has 5 rings (SSSR count). The molecule has 194 valence electrons. The van der Waals surface area contributed by atoms with Crippen LogP contribution in [0.2, 0.25) is 0 Å². The number of amides is 1. The van der Waals surface area contributed by atoms with Gasteiger partial charge in [0, 0.05) is 69.4 Å². The minimum absolute atomic E-state index is 0.0209. The predicted octanol–water partition coefficient (Wildman–Crippen LogP) is 0.595. The Morgan fingerprint density at radius 2 is 1.81 bits per heavy atom. The highest BCUT2D eigenvalue weighted by Crippen LogP contribution is 2.28. The molecule has 1 aromatic carbocycles. The zero-order chi connectivity index (χ0) is 25.1. The zero-order valence-corrected chi connectivity index (χ0v) is 20.4. The van der Waals surface area contributed by atoms with Crippen LogP contribution in [-0.4, -0.2) is 79.1 Å². The molecule has 11 nitrogen and oxygen atoms in total. The number of fused-ring (bicyclic) bond motifs is 1. The first-order valence-electron chi connectivity index (χ1n) is 13.0. The third kappa shape index (κ3) is 5.57. The van der Waals surface area contributed by atoms with Crippen LogP contribution < -0.4 is 31.7 Å². The number of hydrogen-bond acceptors (Lipinski definition) is 8. The maximum atomic E-state index is 12.8. The van der Waals surface area contributed by atoms with E-state index >= 15 is 0 Å². The maximum absolute atomic E-state index is 12.8. The average molecular weight is 497 g/mol. The number of piperidine rings is 2. The molecule has 6 N–H and O–H groups in total. The van der Waals surface area contributed by atoms with Crippen LogP contribution in [0.3, 0.4) is 0 Å². The van der Waals surface area contributed by atoms with Crippen LogP contribution in [0.1, 0.15) is 32.1 Å². The molecule has 0 aromatic heterocycles. The van der Waals surface area contributed by atoms with E-state index in [0.29, 0.717) is 6.54 Å². The molecule has 1 amide bonds. The number of rotatable bonds is 6.